The van der Waals surface area contributed by atoms with E-state index >= 15 is 0 Å². The molecule has 0 amide bonds. The predicted molar refractivity (Wildman–Crippen MR) is 76.9 cm³/mol. The summed E-state index contributed by atoms with van der Waals surface area (Å²) in [5.74, 6) is -0.938. The minimum atomic E-state index is -0.590. The highest BCUT2D eigenvalue weighted by Gasteiger charge is 2.34. The van der Waals surface area contributed by atoms with Gasteiger partial charge in [-0.2, -0.15) is 0 Å². The fourth-order valence-corrected chi connectivity index (χ4v) is 3.36. The van der Waals surface area contributed by atoms with E-state index in [0.29, 0.717) is 31.2 Å². The summed E-state index contributed by atoms with van der Waals surface area (Å²) in [6.07, 6.45) is 1.08. The van der Waals surface area contributed by atoms with Gasteiger partial charge in [-0.3, -0.25) is 0 Å². The van der Waals surface area contributed by atoms with E-state index in [4.69, 9.17) is 9.47 Å². The molecular weight excluding hydrogens is 288 g/mol. The van der Waals surface area contributed by atoms with Gasteiger partial charge in [0.05, 0.1) is 18.3 Å². The van der Waals surface area contributed by atoms with Crippen LogP contribution in [0.1, 0.15) is 42.1 Å². The summed E-state index contributed by atoms with van der Waals surface area (Å²) in [6.45, 7) is 1.91. The van der Waals surface area contributed by atoms with Crippen LogP contribution in [0.15, 0.2) is 12.1 Å². The molecule has 1 aromatic rings. The Morgan fingerprint density at radius 3 is 2.73 bits per heavy atom. The van der Waals surface area contributed by atoms with Crippen LogP contribution < -0.4 is 0 Å². The molecule has 0 aromatic heterocycles. The van der Waals surface area contributed by atoms with Crippen molar-refractivity contribution in [3.63, 3.8) is 0 Å². The molecule has 2 heterocycles. The molecule has 3 rings (SSSR count). The monoisotopic (exact) mass is 308 g/mol. The highest BCUT2D eigenvalue weighted by molar-refractivity contribution is 5.95. The van der Waals surface area contributed by atoms with Crippen LogP contribution >= 0.6 is 0 Å². The van der Waals surface area contributed by atoms with E-state index in [1.54, 1.807) is 0 Å². The number of benzene rings is 1. The summed E-state index contributed by atoms with van der Waals surface area (Å²) in [5, 5.41) is 29.1. The van der Waals surface area contributed by atoms with Gasteiger partial charge in [-0.25, -0.2) is 4.79 Å². The number of esters is 1. The second kappa shape index (κ2) is 5.78. The highest BCUT2D eigenvalue weighted by atomic mass is 16.5. The quantitative estimate of drug-likeness (QED) is 0.717. The molecule has 6 nitrogen and oxygen atoms in total. The SMILES string of the molecule is C[C@H]1C[C@@H](O)C[C@H](C[C@H]2Cc3cc(O)cc(O)c3C(=O)O2)O1. The van der Waals surface area contributed by atoms with E-state index in [1.807, 2.05) is 6.92 Å². The zero-order valence-electron chi connectivity index (χ0n) is 12.4. The number of cyclic esters (lactones) is 1. The molecule has 3 N–H and O–H groups in total. The average molecular weight is 308 g/mol. The van der Waals surface area contributed by atoms with Crippen LogP contribution in [-0.4, -0.2) is 45.7 Å². The van der Waals surface area contributed by atoms with Crippen molar-refractivity contribution < 1.29 is 29.6 Å². The van der Waals surface area contributed by atoms with Crippen molar-refractivity contribution in [1.29, 1.82) is 0 Å². The van der Waals surface area contributed by atoms with Crippen LogP contribution in [0.4, 0.5) is 0 Å². The number of ether oxygens (including phenoxy) is 2. The van der Waals surface area contributed by atoms with Gasteiger partial charge in [-0.1, -0.05) is 0 Å². The Labute approximate surface area is 128 Å². The lowest BCUT2D eigenvalue weighted by molar-refractivity contribution is -0.103. The number of phenolic OH excluding ortho intramolecular Hbond substituents is 2. The molecule has 120 valence electrons. The molecule has 6 heteroatoms. The molecule has 1 saturated heterocycles. The number of carbonyl (C=O) groups is 1. The summed E-state index contributed by atoms with van der Waals surface area (Å²) in [4.78, 5) is 12.0. The van der Waals surface area contributed by atoms with Crippen molar-refractivity contribution in [2.45, 2.75) is 57.0 Å². The highest BCUT2D eigenvalue weighted by Crippen LogP contribution is 2.34. The molecule has 0 unspecified atom stereocenters. The van der Waals surface area contributed by atoms with Crippen molar-refractivity contribution in [3.8, 4) is 11.5 Å². The number of hydrogen-bond acceptors (Lipinski definition) is 6. The van der Waals surface area contributed by atoms with Gasteiger partial charge in [0.2, 0.25) is 0 Å². The molecule has 0 aliphatic carbocycles. The Bertz CT molecular complexity index is 574. The zero-order chi connectivity index (χ0) is 15.9. The second-order valence-corrected chi connectivity index (χ2v) is 6.16. The minimum absolute atomic E-state index is 0.0200. The average Bonchev–Trinajstić information content (AvgIpc) is 2.35. The lowest BCUT2D eigenvalue weighted by Crippen LogP contribution is -2.38. The molecule has 0 spiro atoms. The van der Waals surface area contributed by atoms with Crippen LogP contribution in [0.25, 0.3) is 0 Å². The first-order valence-electron chi connectivity index (χ1n) is 7.51. The fourth-order valence-electron chi connectivity index (χ4n) is 3.36. The number of aliphatic hydroxyl groups excluding tert-OH is 1. The molecule has 2 aliphatic rings. The van der Waals surface area contributed by atoms with Gasteiger partial charge in [0.1, 0.15) is 23.2 Å². The van der Waals surface area contributed by atoms with Crippen LogP contribution in [0.2, 0.25) is 0 Å². The van der Waals surface area contributed by atoms with Gasteiger partial charge in [0, 0.05) is 18.9 Å². The largest absolute Gasteiger partial charge is 0.508 e. The van der Waals surface area contributed by atoms with Crippen LogP contribution in [0.5, 0.6) is 11.5 Å². The van der Waals surface area contributed by atoms with Crippen molar-refractivity contribution in [3.05, 3.63) is 23.3 Å². The van der Waals surface area contributed by atoms with Crippen molar-refractivity contribution >= 4 is 5.97 Å². The third kappa shape index (κ3) is 3.03. The van der Waals surface area contributed by atoms with Gasteiger partial charge >= 0.3 is 5.97 Å². The standard InChI is InChI=1S/C16H20O6/c1-8-2-10(17)5-13(21-8)7-12-4-9-3-11(18)6-14(19)15(9)16(20)22-12/h3,6,8,10,12-13,17-19H,2,4-5,7H2,1H3/t8-,10+,12+,13+/m0/s1. The van der Waals surface area contributed by atoms with Crippen LogP contribution in [0.3, 0.4) is 0 Å². The Hall–Kier alpha value is -1.79. The van der Waals surface area contributed by atoms with Crippen LogP contribution in [-0.2, 0) is 15.9 Å². The number of aromatic hydroxyl groups is 2. The Morgan fingerprint density at radius 2 is 2.00 bits per heavy atom. The lowest BCUT2D eigenvalue weighted by atomic mass is 9.92. The summed E-state index contributed by atoms with van der Waals surface area (Å²) < 4.78 is 11.1. The molecule has 1 aromatic carbocycles. The van der Waals surface area contributed by atoms with E-state index in [9.17, 15) is 20.1 Å². The van der Waals surface area contributed by atoms with Gasteiger partial charge in [0.25, 0.3) is 0 Å². The maximum atomic E-state index is 12.0. The molecule has 2 aliphatic heterocycles. The third-order valence-electron chi connectivity index (χ3n) is 4.20. The van der Waals surface area contributed by atoms with E-state index in [0.717, 1.165) is 6.07 Å². The summed E-state index contributed by atoms with van der Waals surface area (Å²) in [6, 6.07) is 2.60. The molecule has 0 bridgehead atoms. The van der Waals surface area contributed by atoms with Crippen molar-refractivity contribution in [1.82, 2.24) is 0 Å². The molecule has 1 fully saturated rings. The number of rotatable bonds is 2. The van der Waals surface area contributed by atoms with E-state index in [2.05, 4.69) is 0 Å². The van der Waals surface area contributed by atoms with Crippen molar-refractivity contribution in [2.75, 3.05) is 0 Å². The van der Waals surface area contributed by atoms with E-state index in [-0.39, 0.29) is 35.4 Å². The maximum Gasteiger partial charge on any atom is 0.342 e. The molecule has 22 heavy (non-hydrogen) atoms. The van der Waals surface area contributed by atoms with E-state index < -0.39 is 12.1 Å². The second-order valence-electron chi connectivity index (χ2n) is 6.16. The normalized spacial score (nSPS) is 31.5. The first-order chi connectivity index (χ1) is 10.4. The van der Waals surface area contributed by atoms with Gasteiger partial charge in [-0.05, 0) is 31.4 Å². The number of aliphatic hydroxyl groups is 1. The van der Waals surface area contributed by atoms with Gasteiger partial charge in [-0.15, -0.1) is 0 Å². The van der Waals surface area contributed by atoms with Crippen LogP contribution in [0, 0.1) is 0 Å². The van der Waals surface area contributed by atoms with Gasteiger partial charge in [0.15, 0.2) is 0 Å². The molecule has 0 saturated carbocycles. The maximum absolute atomic E-state index is 12.0. The zero-order valence-corrected chi connectivity index (χ0v) is 12.4. The third-order valence-corrected chi connectivity index (χ3v) is 4.20. The number of hydrogen-bond donors (Lipinski definition) is 3. The topological polar surface area (TPSA) is 96.2 Å². The number of phenols is 2. The Kier molecular flexibility index (Phi) is 3.97. The Morgan fingerprint density at radius 1 is 1.23 bits per heavy atom. The predicted octanol–water partition coefficient (Wildman–Crippen LogP) is 1.50. The summed E-state index contributed by atoms with van der Waals surface area (Å²) in [7, 11) is 0. The smallest absolute Gasteiger partial charge is 0.342 e. The fraction of sp³-hybridized carbons (Fsp3) is 0.562. The van der Waals surface area contributed by atoms with E-state index in [1.165, 1.54) is 6.07 Å². The Balaban J connectivity index is 1.74. The molecule has 4 atom stereocenters. The molecular formula is C16H20O6. The lowest BCUT2D eigenvalue weighted by Gasteiger charge is -2.34. The van der Waals surface area contributed by atoms with Crippen molar-refractivity contribution in [2.24, 2.45) is 0 Å². The first-order valence-corrected chi connectivity index (χ1v) is 7.51. The summed E-state index contributed by atoms with van der Waals surface area (Å²) >= 11 is 0. The molecule has 0 radical (unpaired) electrons. The minimum Gasteiger partial charge on any atom is -0.508 e. The first kappa shape index (κ1) is 15.1. The summed E-state index contributed by atoms with van der Waals surface area (Å²) in [5.41, 5.74) is 0.690. The number of fused-ring (bicyclic) bond motifs is 1. The van der Waals surface area contributed by atoms with Gasteiger partial charge < -0.3 is 24.8 Å². The number of carbonyl (C=O) groups excluding carboxylic acids is 1.